The summed E-state index contributed by atoms with van der Waals surface area (Å²) in [5, 5.41) is 11.5. The molecule has 88 valence electrons. The standard InChI is InChI=1S/C10H5Cl2NO3S/c11-5-1-2-6(9(14)15)7(3-5)16-10-13-8(12)4-17-10/h1-4H,(H,14,15). The maximum atomic E-state index is 11.0. The summed E-state index contributed by atoms with van der Waals surface area (Å²) < 4.78 is 5.33. The Hall–Kier alpha value is -1.30. The average molecular weight is 290 g/mol. The zero-order chi connectivity index (χ0) is 12.4. The number of carboxylic acid groups (broad SMARTS) is 1. The van der Waals surface area contributed by atoms with Crippen LogP contribution >= 0.6 is 34.5 Å². The van der Waals surface area contributed by atoms with Crippen molar-refractivity contribution in [1.82, 2.24) is 4.98 Å². The maximum Gasteiger partial charge on any atom is 0.339 e. The van der Waals surface area contributed by atoms with Crippen molar-refractivity contribution in [1.29, 1.82) is 0 Å². The van der Waals surface area contributed by atoms with E-state index in [4.69, 9.17) is 33.0 Å². The van der Waals surface area contributed by atoms with Crippen molar-refractivity contribution in [3.63, 3.8) is 0 Å². The zero-order valence-electron chi connectivity index (χ0n) is 8.18. The highest BCUT2D eigenvalue weighted by atomic mass is 35.5. The lowest BCUT2D eigenvalue weighted by atomic mass is 10.2. The molecule has 0 radical (unpaired) electrons. The van der Waals surface area contributed by atoms with Crippen molar-refractivity contribution < 1.29 is 14.6 Å². The molecule has 1 aromatic carbocycles. The van der Waals surface area contributed by atoms with Crippen LogP contribution in [0.1, 0.15) is 10.4 Å². The number of benzene rings is 1. The Labute approximate surface area is 110 Å². The molecule has 1 N–H and O–H groups in total. The summed E-state index contributed by atoms with van der Waals surface area (Å²) in [6.45, 7) is 0. The molecular formula is C10H5Cl2NO3S. The number of carbonyl (C=O) groups is 1. The van der Waals surface area contributed by atoms with E-state index in [9.17, 15) is 4.79 Å². The third-order valence-corrected chi connectivity index (χ3v) is 3.10. The first kappa shape index (κ1) is 12.2. The third kappa shape index (κ3) is 2.88. The number of aromatic nitrogens is 1. The van der Waals surface area contributed by atoms with Crippen LogP contribution in [-0.4, -0.2) is 16.1 Å². The molecule has 2 aromatic rings. The molecule has 0 fully saturated rings. The fourth-order valence-corrected chi connectivity index (χ4v) is 2.10. The topological polar surface area (TPSA) is 59.4 Å². The van der Waals surface area contributed by atoms with E-state index < -0.39 is 5.97 Å². The molecule has 1 aromatic heterocycles. The first-order chi connectivity index (χ1) is 8.06. The van der Waals surface area contributed by atoms with Gasteiger partial charge in [-0.05, 0) is 12.1 Å². The number of rotatable bonds is 3. The first-order valence-corrected chi connectivity index (χ1v) is 6.01. The van der Waals surface area contributed by atoms with E-state index in [0.29, 0.717) is 10.2 Å². The molecule has 1 heterocycles. The number of nitrogens with zero attached hydrogens (tertiary/aromatic N) is 1. The van der Waals surface area contributed by atoms with Crippen LogP contribution in [0.15, 0.2) is 23.6 Å². The van der Waals surface area contributed by atoms with E-state index in [2.05, 4.69) is 4.98 Å². The van der Waals surface area contributed by atoms with E-state index in [1.807, 2.05) is 0 Å². The summed E-state index contributed by atoms with van der Waals surface area (Å²) in [5.41, 5.74) is 0.0146. The SMILES string of the molecule is O=C(O)c1ccc(Cl)cc1Oc1nc(Cl)cs1. The summed E-state index contributed by atoms with van der Waals surface area (Å²) in [5.74, 6) is -0.963. The molecule has 0 saturated heterocycles. The monoisotopic (exact) mass is 289 g/mol. The van der Waals surface area contributed by atoms with Crippen molar-refractivity contribution in [3.05, 3.63) is 39.3 Å². The number of hydrogen-bond acceptors (Lipinski definition) is 4. The fourth-order valence-electron chi connectivity index (χ4n) is 1.14. The van der Waals surface area contributed by atoms with Crippen LogP contribution in [0.4, 0.5) is 0 Å². The van der Waals surface area contributed by atoms with Crippen molar-refractivity contribution >= 4 is 40.5 Å². The van der Waals surface area contributed by atoms with Crippen LogP contribution in [0.3, 0.4) is 0 Å². The Morgan fingerprint density at radius 1 is 1.41 bits per heavy atom. The highest BCUT2D eigenvalue weighted by Crippen LogP contribution is 2.31. The quantitative estimate of drug-likeness (QED) is 0.930. The largest absolute Gasteiger partial charge is 0.478 e. The molecule has 0 aliphatic rings. The summed E-state index contributed by atoms with van der Waals surface area (Å²) in [6, 6.07) is 4.27. The highest BCUT2D eigenvalue weighted by Gasteiger charge is 2.14. The summed E-state index contributed by atoms with van der Waals surface area (Å²) in [6.07, 6.45) is 0. The number of thiazole rings is 1. The fraction of sp³-hybridized carbons (Fsp3) is 0. The molecular weight excluding hydrogens is 285 g/mol. The van der Waals surface area contributed by atoms with Gasteiger partial charge in [0.25, 0.3) is 5.19 Å². The number of ether oxygens (including phenoxy) is 1. The normalized spacial score (nSPS) is 10.2. The lowest BCUT2D eigenvalue weighted by Gasteiger charge is -2.05. The molecule has 17 heavy (non-hydrogen) atoms. The second-order valence-corrected chi connectivity index (χ2v) is 4.63. The third-order valence-electron chi connectivity index (χ3n) is 1.83. The molecule has 0 aliphatic heterocycles. The minimum absolute atomic E-state index is 0.0146. The van der Waals surface area contributed by atoms with Gasteiger partial charge in [-0.1, -0.05) is 34.5 Å². The number of hydrogen-bond donors (Lipinski definition) is 1. The van der Waals surface area contributed by atoms with Crippen LogP contribution < -0.4 is 4.74 Å². The van der Waals surface area contributed by atoms with E-state index in [0.717, 1.165) is 0 Å². The minimum atomic E-state index is -1.10. The molecule has 4 nitrogen and oxygen atoms in total. The van der Waals surface area contributed by atoms with Crippen LogP contribution in [-0.2, 0) is 0 Å². The van der Waals surface area contributed by atoms with Gasteiger partial charge in [-0.3, -0.25) is 0 Å². The molecule has 0 atom stereocenters. The highest BCUT2D eigenvalue weighted by molar-refractivity contribution is 7.11. The molecule has 2 rings (SSSR count). The maximum absolute atomic E-state index is 11.0. The molecule has 0 bridgehead atoms. The van der Waals surface area contributed by atoms with Crippen molar-refractivity contribution in [2.24, 2.45) is 0 Å². The van der Waals surface area contributed by atoms with E-state index in [1.54, 1.807) is 5.38 Å². The lowest BCUT2D eigenvalue weighted by molar-refractivity contribution is 0.0694. The smallest absolute Gasteiger partial charge is 0.339 e. The molecule has 0 saturated carbocycles. The number of halogens is 2. The number of aromatic carboxylic acids is 1. The molecule has 0 amide bonds. The second-order valence-electron chi connectivity index (χ2n) is 2.98. The molecule has 0 aliphatic carbocycles. The van der Waals surface area contributed by atoms with Crippen LogP contribution in [0.2, 0.25) is 10.2 Å². The van der Waals surface area contributed by atoms with Crippen molar-refractivity contribution in [2.75, 3.05) is 0 Å². The van der Waals surface area contributed by atoms with Gasteiger partial charge in [0, 0.05) is 16.5 Å². The van der Waals surface area contributed by atoms with Gasteiger partial charge >= 0.3 is 5.97 Å². The molecule has 0 spiro atoms. The predicted molar refractivity (Wildman–Crippen MR) is 65.6 cm³/mol. The molecule has 7 heteroatoms. The molecule has 0 unspecified atom stereocenters. The summed E-state index contributed by atoms with van der Waals surface area (Å²) in [4.78, 5) is 14.8. The van der Waals surface area contributed by atoms with Gasteiger partial charge in [0.05, 0.1) is 0 Å². The van der Waals surface area contributed by atoms with Crippen LogP contribution in [0, 0.1) is 0 Å². The average Bonchev–Trinajstić information content (AvgIpc) is 2.63. The Balaban J connectivity index is 2.37. The van der Waals surface area contributed by atoms with Gasteiger partial charge in [0.1, 0.15) is 16.5 Å². The van der Waals surface area contributed by atoms with Gasteiger partial charge in [-0.25, -0.2) is 4.79 Å². The first-order valence-electron chi connectivity index (χ1n) is 4.38. The van der Waals surface area contributed by atoms with Crippen molar-refractivity contribution in [3.8, 4) is 10.9 Å². The Morgan fingerprint density at radius 3 is 2.76 bits per heavy atom. The Bertz CT molecular complexity index is 570. The second kappa shape index (κ2) is 4.91. The Morgan fingerprint density at radius 2 is 2.18 bits per heavy atom. The lowest BCUT2D eigenvalue weighted by Crippen LogP contribution is -1.99. The van der Waals surface area contributed by atoms with Gasteiger partial charge in [0.2, 0.25) is 0 Å². The minimum Gasteiger partial charge on any atom is -0.478 e. The van der Waals surface area contributed by atoms with E-state index in [1.165, 1.54) is 29.5 Å². The zero-order valence-corrected chi connectivity index (χ0v) is 10.5. The van der Waals surface area contributed by atoms with Gasteiger partial charge < -0.3 is 9.84 Å². The number of carboxylic acids is 1. The van der Waals surface area contributed by atoms with Gasteiger partial charge in [-0.2, -0.15) is 4.98 Å². The van der Waals surface area contributed by atoms with E-state index in [-0.39, 0.29) is 16.5 Å². The Kier molecular flexibility index (Phi) is 3.51. The predicted octanol–water partition coefficient (Wildman–Crippen LogP) is 3.94. The van der Waals surface area contributed by atoms with E-state index >= 15 is 0 Å². The van der Waals surface area contributed by atoms with Crippen LogP contribution in [0.5, 0.6) is 10.9 Å². The van der Waals surface area contributed by atoms with Gasteiger partial charge in [0.15, 0.2) is 0 Å². The summed E-state index contributed by atoms with van der Waals surface area (Å²) in [7, 11) is 0. The van der Waals surface area contributed by atoms with Crippen LogP contribution in [0.25, 0.3) is 0 Å². The van der Waals surface area contributed by atoms with Gasteiger partial charge in [-0.15, -0.1) is 0 Å². The van der Waals surface area contributed by atoms with Crippen molar-refractivity contribution in [2.45, 2.75) is 0 Å². The summed E-state index contributed by atoms with van der Waals surface area (Å²) >= 11 is 12.6.